The number of anilines is 2. The van der Waals surface area contributed by atoms with E-state index in [1.54, 1.807) is 0 Å². The quantitative estimate of drug-likeness (QED) is 0.745. The van der Waals surface area contributed by atoms with E-state index >= 15 is 0 Å². The minimum absolute atomic E-state index is 0.138. The summed E-state index contributed by atoms with van der Waals surface area (Å²) >= 11 is 0. The molecule has 1 aromatic carbocycles. The lowest BCUT2D eigenvalue weighted by Gasteiger charge is -2.20. The molecule has 0 aromatic heterocycles. The maximum absolute atomic E-state index is 12.6. The molecule has 7 nitrogen and oxygen atoms in total. The Bertz CT molecular complexity index is 738. The number of amides is 1. The van der Waals surface area contributed by atoms with E-state index in [1.165, 1.54) is 30.5 Å². The van der Waals surface area contributed by atoms with Gasteiger partial charge in [0.15, 0.2) is 0 Å². The number of nitrogens with one attached hydrogen (secondary N) is 1. The number of aryl methyl sites for hydroxylation is 1. The van der Waals surface area contributed by atoms with E-state index in [-0.39, 0.29) is 36.9 Å². The molecule has 0 bridgehead atoms. The van der Waals surface area contributed by atoms with Gasteiger partial charge in [0.1, 0.15) is 5.70 Å². The Labute approximate surface area is 153 Å². The van der Waals surface area contributed by atoms with E-state index in [9.17, 15) is 9.59 Å². The molecule has 0 radical (unpaired) electrons. The van der Waals surface area contributed by atoms with E-state index in [1.807, 2.05) is 19.1 Å². The Morgan fingerprint density at radius 3 is 2.65 bits per heavy atom. The summed E-state index contributed by atoms with van der Waals surface area (Å²) in [6.45, 7) is 4.27. The largest absolute Gasteiger partial charge is 0.466 e. The van der Waals surface area contributed by atoms with E-state index < -0.39 is 5.97 Å². The van der Waals surface area contributed by atoms with Crippen molar-refractivity contribution >= 4 is 23.3 Å². The fourth-order valence-corrected chi connectivity index (χ4v) is 3.44. The number of rotatable bonds is 6. The van der Waals surface area contributed by atoms with Crippen molar-refractivity contribution in [2.75, 3.05) is 50.1 Å². The molecule has 1 fully saturated rings. The van der Waals surface area contributed by atoms with Crippen molar-refractivity contribution in [3.63, 3.8) is 0 Å². The van der Waals surface area contributed by atoms with Crippen LogP contribution in [-0.4, -0.2) is 61.8 Å². The Morgan fingerprint density at radius 2 is 2.04 bits per heavy atom. The zero-order valence-corrected chi connectivity index (χ0v) is 15.2. The minimum Gasteiger partial charge on any atom is -0.466 e. The summed E-state index contributed by atoms with van der Waals surface area (Å²) in [5.41, 5.74) is 3.46. The van der Waals surface area contributed by atoms with Crippen LogP contribution in [0, 0.1) is 6.92 Å². The summed E-state index contributed by atoms with van der Waals surface area (Å²) in [5, 5.41) is 12.2. The third kappa shape index (κ3) is 3.53. The van der Waals surface area contributed by atoms with Crippen molar-refractivity contribution in [3.8, 4) is 0 Å². The van der Waals surface area contributed by atoms with Crippen molar-refractivity contribution in [3.05, 3.63) is 35.0 Å². The van der Waals surface area contributed by atoms with Crippen molar-refractivity contribution in [2.24, 2.45) is 0 Å². The number of aliphatic hydroxyl groups is 1. The number of ether oxygens (including phenoxy) is 1. The Morgan fingerprint density at radius 1 is 1.31 bits per heavy atom. The van der Waals surface area contributed by atoms with Gasteiger partial charge in [0, 0.05) is 31.0 Å². The number of carbonyl (C=O) groups excluding carboxylic acids is 2. The monoisotopic (exact) mass is 359 g/mol. The van der Waals surface area contributed by atoms with Crippen molar-refractivity contribution in [2.45, 2.75) is 19.8 Å². The smallest absolute Gasteiger partial charge is 0.337 e. The second kappa shape index (κ2) is 7.78. The first kappa shape index (κ1) is 18.3. The van der Waals surface area contributed by atoms with Gasteiger partial charge >= 0.3 is 5.97 Å². The number of benzene rings is 1. The summed E-state index contributed by atoms with van der Waals surface area (Å²) < 4.78 is 4.81. The normalized spacial score (nSPS) is 17.3. The van der Waals surface area contributed by atoms with Crippen molar-refractivity contribution in [1.29, 1.82) is 0 Å². The average Bonchev–Trinajstić information content (AvgIpc) is 3.27. The fraction of sp³-hybridized carbons (Fsp3) is 0.474. The number of hydrogen-bond donors (Lipinski definition) is 2. The van der Waals surface area contributed by atoms with Crippen molar-refractivity contribution < 1.29 is 19.4 Å². The van der Waals surface area contributed by atoms with E-state index in [0.717, 1.165) is 24.3 Å². The first-order chi connectivity index (χ1) is 12.5. The molecule has 0 aliphatic carbocycles. The minimum atomic E-state index is -0.535. The highest BCUT2D eigenvalue weighted by atomic mass is 16.5. The van der Waals surface area contributed by atoms with Crippen LogP contribution in [0.2, 0.25) is 0 Å². The van der Waals surface area contributed by atoms with Crippen LogP contribution in [0.25, 0.3) is 0 Å². The fourth-order valence-electron chi connectivity index (χ4n) is 3.44. The average molecular weight is 359 g/mol. The third-order valence-electron chi connectivity index (χ3n) is 4.89. The van der Waals surface area contributed by atoms with Crippen LogP contribution in [0.3, 0.4) is 0 Å². The lowest BCUT2D eigenvalue weighted by Crippen LogP contribution is -2.31. The summed E-state index contributed by atoms with van der Waals surface area (Å²) in [4.78, 5) is 28.4. The zero-order chi connectivity index (χ0) is 18.7. The van der Waals surface area contributed by atoms with Gasteiger partial charge in [0.25, 0.3) is 5.91 Å². The first-order valence-corrected chi connectivity index (χ1v) is 8.89. The van der Waals surface area contributed by atoms with Crippen LogP contribution in [0.5, 0.6) is 0 Å². The molecule has 0 saturated carbocycles. The number of nitrogens with zero attached hydrogens (tertiary/aromatic N) is 2. The topological polar surface area (TPSA) is 82.1 Å². The molecule has 7 heteroatoms. The van der Waals surface area contributed by atoms with Gasteiger partial charge in [-0.2, -0.15) is 0 Å². The molecule has 0 atom stereocenters. The van der Waals surface area contributed by atoms with Crippen LogP contribution in [0.15, 0.2) is 29.5 Å². The van der Waals surface area contributed by atoms with Crippen LogP contribution in [0.4, 0.5) is 11.4 Å². The van der Waals surface area contributed by atoms with Gasteiger partial charge in [-0.1, -0.05) is 0 Å². The summed E-state index contributed by atoms with van der Waals surface area (Å²) in [6, 6.07) is 6.06. The zero-order valence-electron chi connectivity index (χ0n) is 15.2. The number of aliphatic hydroxyl groups excluding tert-OH is 1. The van der Waals surface area contributed by atoms with E-state index in [2.05, 4.69) is 16.3 Å². The molecule has 1 saturated heterocycles. The van der Waals surface area contributed by atoms with E-state index in [0.29, 0.717) is 0 Å². The summed E-state index contributed by atoms with van der Waals surface area (Å²) in [6.07, 6.45) is 2.42. The molecule has 3 rings (SSSR count). The molecule has 1 aromatic rings. The molecule has 2 aliphatic rings. The molecule has 2 heterocycles. The molecular weight excluding hydrogens is 334 g/mol. The maximum atomic E-state index is 12.6. The third-order valence-corrected chi connectivity index (χ3v) is 4.89. The Hall–Kier alpha value is -2.54. The number of hydrogen-bond acceptors (Lipinski definition) is 6. The van der Waals surface area contributed by atoms with Crippen LogP contribution >= 0.6 is 0 Å². The summed E-state index contributed by atoms with van der Waals surface area (Å²) in [7, 11) is 1.29. The molecule has 2 aliphatic heterocycles. The van der Waals surface area contributed by atoms with E-state index in [4.69, 9.17) is 9.84 Å². The first-order valence-electron chi connectivity index (χ1n) is 8.89. The molecule has 26 heavy (non-hydrogen) atoms. The highest BCUT2D eigenvalue weighted by Gasteiger charge is 2.34. The van der Waals surface area contributed by atoms with Gasteiger partial charge < -0.3 is 25.0 Å². The van der Waals surface area contributed by atoms with Gasteiger partial charge in [-0.05, 0) is 43.5 Å². The predicted octanol–water partition coefficient (Wildman–Crippen LogP) is 1.27. The highest BCUT2D eigenvalue weighted by molar-refractivity contribution is 6.08. The van der Waals surface area contributed by atoms with Crippen LogP contribution < -0.4 is 10.2 Å². The molecule has 2 N–H and O–H groups in total. The van der Waals surface area contributed by atoms with Gasteiger partial charge in [-0.25, -0.2) is 4.79 Å². The van der Waals surface area contributed by atoms with Gasteiger partial charge in [-0.3, -0.25) is 4.79 Å². The molecule has 140 valence electrons. The maximum Gasteiger partial charge on any atom is 0.337 e. The number of β-amino-alcohol motifs (C(OH)–C–C–N with tert-alkyl or cyclic N) is 1. The van der Waals surface area contributed by atoms with Crippen molar-refractivity contribution in [1.82, 2.24) is 4.90 Å². The summed E-state index contributed by atoms with van der Waals surface area (Å²) in [5.74, 6) is -0.838. The van der Waals surface area contributed by atoms with Crippen LogP contribution in [0.1, 0.15) is 18.4 Å². The second-order valence-corrected chi connectivity index (χ2v) is 6.61. The van der Waals surface area contributed by atoms with Gasteiger partial charge in [0.2, 0.25) is 0 Å². The molecular formula is C19H25N3O4. The van der Waals surface area contributed by atoms with Crippen LogP contribution in [-0.2, 0) is 14.3 Å². The Kier molecular flexibility index (Phi) is 5.46. The predicted molar refractivity (Wildman–Crippen MR) is 99.0 cm³/mol. The highest BCUT2D eigenvalue weighted by Crippen LogP contribution is 2.28. The second-order valence-electron chi connectivity index (χ2n) is 6.61. The number of esters is 1. The lowest BCUT2D eigenvalue weighted by atomic mass is 10.1. The molecule has 0 unspecified atom stereocenters. The molecule has 1 amide bonds. The van der Waals surface area contributed by atoms with Gasteiger partial charge in [0.05, 0.1) is 25.8 Å². The SMILES string of the molecule is COC(=O)C1=C(Nc2ccc(N3CCCC3)cc2C)C(=O)N(CCO)C1. The number of carbonyl (C=O) groups is 2. The number of methoxy groups -OCH3 is 1. The molecule has 0 spiro atoms. The lowest BCUT2D eigenvalue weighted by molar-refractivity contribution is -0.136. The Balaban J connectivity index is 1.85. The van der Waals surface area contributed by atoms with Gasteiger partial charge in [-0.15, -0.1) is 0 Å². The standard InChI is InChI=1S/C19H25N3O4/c1-13-11-14(21-7-3-4-8-21)5-6-16(13)20-17-15(19(25)26-2)12-22(9-10-23)18(17)24/h5-6,11,20,23H,3-4,7-10,12H2,1-2H3.